The second-order valence-electron chi connectivity index (χ2n) is 9.55. The summed E-state index contributed by atoms with van der Waals surface area (Å²) >= 11 is 0. The minimum absolute atomic E-state index is 0.460. The van der Waals surface area contributed by atoms with E-state index in [2.05, 4.69) is 39.5 Å². The molecule has 0 heterocycles. The van der Waals surface area contributed by atoms with Crippen molar-refractivity contribution >= 4 is 5.91 Å². The second-order valence-corrected chi connectivity index (χ2v) is 9.55. The third-order valence-electron chi connectivity index (χ3n) is 6.59. The number of rotatable bonds is 22. The Bertz CT molecular complexity index is 350. The van der Waals surface area contributed by atoms with E-state index in [9.17, 15) is 4.79 Å². The molecule has 0 aromatic heterocycles. The van der Waals surface area contributed by atoms with Gasteiger partial charge in [-0.25, -0.2) is 0 Å². The Morgan fingerprint density at radius 2 is 0.900 bits per heavy atom. The van der Waals surface area contributed by atoms with E-state index in [1.54, 1.807) is 0 Å². The van der Waals surface area contributed by atoms with Gasteiger partial charge in [-0.05, 0) is 32.1 Å². The molecule has 0 aliphatic heterocycles. The molecule has 0 saturated carbocycles. The lowest BCUT2D eigenvalue weighted by atomic mass is 9.95. The van der Waals surface area contributed by atoms with Crippen molar-refractivity contribution in [1.82, 2.24) is 4.90 Å². The quantitative estimate of drug-likeness (QED) is 0.159. The number of carbonyl (C=O) groups excluding carboxylic acids is 1. The third kappa shape index (κ3) is 14.5. The van der Waals surface area contributed by atoms with Crippen molar-refractivity contribution in [2.75, 3.05) is 0 Å². The first-order valence-electron chi connectivity index (χ1n) is 14.0. The fourth-order valence-corrected chi connectivity index (χ4v) is 4.81. The SMILES string of the molecule is CCCCCCCCCCCC(=O)N(C(CCC)CCCC)C(CCC)CCCC. The molecule has 0 aromatic carbocycles. The largest absolute Gasteiger partial charge is 0.337 e. The molecule has 1 amide bonds. The Morgan fingerprint density at radius 3 is 1.30 bits per heavy atom. The Hall–Kier alpha value is -0.530. The highest BCUT2D eigenvalue weighted by atomic mass is 16.2. The molecule has 0 saturated heterocycles. The van der Waals surface area contributed by atoms with Crippen LogP contribution in [0.3, 0.4) is 0 Å². The molecule has 0 aliphatic rings. The molecule has 0 spiro atoms. The topological polar surface area (TPSA) is 20.3 Å². The number of hydrogen-bond donors (Lipinski definition) is 0. The molecule has 2 unspecified atom stereocenters. The molecule has 0 rings (SSSR count). The van der Waals surface area contributed by atoms with Crippen molar-refractivity contribution in [3.05, 3.63) is 0 Å². The Morgan fingerprint density at radius 1 is 0.500 bits per heavy atom. The fourth-order valence-electron chi connectivity index (χ4n) is 4.81. The van der Waals surface area contributed by atoms with Crippen molar-refractivity contribution < 1.29 is 4.79 Å². The van der Waals surface area contributed by atoms with E-state index in [4.69, 9.17) is 0 Å². The minimum Gasteiger partial charge on any atom is -0.337 e. The third-order valence-corrected chi connectivity index (χ3v) is 6.59. The maximum Gasteiger partial charge on any atom is 0.223 e. The zero-order valence-electron chi connectivity index (χ0n) is 21.7. The van der Waals surface area contributed by atoms with Crippen LogP contribution in [0.4, 0.5) is 0 Å². The van der Waals surface area contributed by atoms with E-state index < -0.39 is 0 Å². The first-order valence-corrected chi connectivity index (χ1v) is 14.0. The van der Waals surface area contributed by atoms with Gasteiger partial charge in [0.2, 0.25) is 5.91 Å². The van der Waals surface area contributed by atoms with Crippen LogP contribution in [0.5, 0.6) is 0 Å². The number of carbonyl (C=O) groups is 1. The number of unbranched alkanes of at least 4 members (excludes halogenated alkanes) is 10. The highest BCUT2D eigenvalue weighted by Gasteiger charge is 2.28. The van der Waals surface area contributed by atoms with Gasteiger partial charge < -0.3 is 4.90 Å². The monoisotopic (exact) mass is 423 g/mol. The Labute approximate surface area is 191 Å². The highest BCUT2D eigenvalue weighted by Crippen LogP contribution is 2.25. The molecule has 2 heteroatoms. The summed E-state index contributed by atoms with van der Waals surface area (Å²) in [6, 6.07) is 0.934. The standard InChI is InChI=1S/C28H57NO/c1-6-11-14-15-16-17-18-19-20-25-28(30)29(26(21-9-4)23-12-7-2)27(22-10-5)24-13-8-3/h26-27H,6-25H2,1-5H3. The van der Waals surface area contributed by atoms with Crippen LogP contribution in [-0.4, -0.2) is 22.9 Å². The molecular weight excluding hydrogens is 366 g/mol. The summed E-state index contributed by atoms with van der Waals surface area (Å²) in [4.78, 5) is 15.8. The van der Waals surface area contributed by atoms with E-state index in [1.807, 2.05) is 0 Å². The maximum atomic E-state index is 13.4. The van der Waals surface area contributed by atoms with Crippen LogP contribution < -0.4 is 0 Å². The average Bonchev–Trinajstić information content (AvgIpc) is 2.74. The van der Waals surface area contributed by atoms with Crippen LogP contribution >= 0.6 is 0 Å². The summed E-state index contributed by atoms with van der Waals surface area (Å²) in [5.41, 5.74) is 0. The second kappa shape index (κ2) is 21.7. The van der Waals surface area contributed by atoms with Gasteiger partial charge in [0, 0.05) is 18.5 Å². The predicted molar refractivity (Wildman–Crippen MR) is 135 cm³/mol. The van der Waals surface area contributed by atoms with Gasteiger partial charge in [0.25, 0.3) is 0 Å². The predicted octanol–water partition coefficient (Wildman–Crippen LogP) is 9.45. The van der Waals surface area contributed by atoms with Gasteiger partial charge in [0.05, 0.1) is 0 Å². The summed E-state index contributed by atoms with van der Waals surface area (Å²) in [5.74, 6) is 0.460. The van der Waals surface area contributed by atoms with Gasteiger partial charge in [-0.3, -0.25) is 4.79 Å². The normalized spacial score (nSPS) is 13.4. The van der Waals surface area contributed by atoms with Crippen molar-refractivity contribution in [3.63, 3.8) is 0 Å². The molecule has 0 bridgehead atoms. The van der Waals surface area contributed by atoms with Crippen LogP contribution in [0.2, 0.25) is 0 Å². The van der Waals surface area contributed by atoms with Gasteiger partial charge in [0.15, 0.2) is 0 Å². The van der Waals surface area contributed by atoms with E-state index in [-0.39, 0.29) is 0 Å². The van der Waals surface area contributed by atoms with E-state index >= 15 is 0 Å². The molecule has 0 aromatic rings. The summed E-state index contributed by atoms with van der Waals surface area (Å²) in [6.07, 6.45) is 24.7. The lowest BCUT2D eigenvalue weighted by Gasteiger charge is -2.39. The van der Waals surface area contributed by atoms with Gasteiger partial charge in [0.1, 0.15) is 0 Å². The van der Waals surface area contributed by atoms with Crippen LogP contribution in [-0.2, 0) is 4.79 Å². The number of nitrogens with zero attached hydrogens (tertiary/aromatic N) is 1. The average molecular weight is 424 g/mol. The van der Waals surface area contributed by atoms with Gasteiger partial charge in [-0.2, -0.15) is 0 Å². The minimum atomic E-state index is 0.460. The van der Waals surface area contributed by atoms with Gasteiger partial charge in [-0.1, -0.05) is 125 Å². The Kier molecular flexibility index (Phi) is 21.3. The van der Waals surface area contributed by atoms with Gasteiger partial charge >= 0.3 is 0 Å². The molecule has 30 heavy (non-hydrogen) atoms. The van der Waals surface area contributed by atoms with Crippen LogP contribution in [0.25, 0.3) is 0 Å². The fraction of sp³-hybridized carbons (Fsp3) is 0.964. The number of hydrogen-bond acceptors (Lipinski definition) is 1. The molecule has 0 fully saturated rings. The molecule has 180 valence electrons. The molecular formula is C28H57NO. The first-order chi connectivity index (χ1) is 14.7. The van der Waals surface area contributed by atoms with Crippen LogP contribution in [0, 0.1) is 0 Å². The van der Waals surface area contributed by atoms with E-state index in [1.165, 1.54) is 116 Å². The molecule has 0 aliphatic carbocycles. The van der Waals surface area contributed by atoms with Crippen LogP contribution in [0.1, 0.15) is 163 Å². The van der Waals surface area contributed by atoms with E-state index in [0.29, 0.717) is 18.0 Å². The van der Waals surface area contributed by atoms with Gasteiger partial charge in [-0.15, -0.1) is 0 Å². The zero-order valence-corrected chi connectivity index (χ0v) is 21.7. The summed E-state index contributed by atoms with van der Waals surface area (Å²) < 4.78 is 0. The maximum absolute atomic E-state index is 13.4. The van der Waals surface area contributed by atoms with Crippen molar-refractivity contribution in [2.45, 2.75) is 175 Å². The van der Waals surface area contributed by atoms with Crippen LogP contribution in [0.15, 0.2) is 0 Å². The molecule has 2 atom stereocenters. The summed E-state index contributed by atoms with van der Waals surface area (Å²) in [5, 5.41) is 0. The first kappa shape index (κ1) is 29.5. The highest BCUT2D eigenvalue weighted by molar-refractivity contribution is 5.76. The smallest absolute Gasteiger partial charge is 0.223 e. The lowest BCUT2D eigenvalue weighted by Crippen LogP contribution is -2.47. The summed E-state index contributed by atoms with van der Waals surface area (Å²) in [6.45, 7) is 11.4. The van der Waals surface area contributed by atoms with E-state index in [0.717, 1.165) is 12.8 Å². The molecule has 0 N–H and O–H groups in total. The summed E-state index contributed by atoms with van der Waals surface area (Å²) in [7, 11) is 0. The van der Waals surface area contributed by atoms with Crippen molar-refractivity contribution in [2.24, 2.45) is 0 Å². The Balaban J connectivity index is 4.74. The van der Waals surface area contributed by atoms with Crippen molar-refractivity contribution in [3.8, 4) is 0 Å². The lowest BCUT2D eigenvalue weighted by molar-refractivity contribution is -0.137. The number of amides is 1. The van der Waals surface area contributed by atoms with Crippen molar-refractivity contribution in [1.29, 1.82) is 0 Å². The molecule has 2 nitrogen and oxygen atoms in total. The molecule has 0 radical (unpaired) electrons. The zero-order chi connectivity index (χ0) is 22.5.